The molecule has 2 aromatic rings. The number of hydrogen-bond donors (Lipinski definition) is 1. The lowest BCUT2D eigenvalue weighted by Crippen LogP contribution is -2.39. The Morgan fingerprint density at radius 1 is 1.43 bits per heavy atom. The number of nitrogens with zero attached hydrogens (tertiary/aromatic N) is 3. The van der Waals surface area contributed by atoms with E-state index in [4.69, 9.17) is 11.5 Å². The van der Waals surface area contributed by atoms with Crippen LogP contribution >= 0.6 is 0 Å². The zero-order valence-corrected chi connectivity index (χ0v) is 10.9. The van der Waals surface area contributed by atoms with Crippen LogP contribution in [0.1, 0.15) is 10.4 Å². The number of aromatic nitrogens is 2. The van der Waals surface area contributed by atoms with Gasteiger partial charge >= 0.3 is 5.97 Å². The second kappa shape index (κ2) is 5.88. The Bertz CT molecular complexity index is 804. The number of carbonyl (C=O) groups is 2. The van der Waals surface area contributed by atoms with Crippen molar-refractivity contribution in [2.75, 3.05) is 13.1 Å². The number of hydrogen-bond acceptors (Lipinski definition) is 4. The van der Waals surface area contributed by atoms with Gasteiger partial charge in [-0.2, -0.15) is 0 Å². The highest BCUT2D eigenvalue weighted by Gasteiger charge is 2.21. The van der Waals surface area contributed by atoms with E-state index in [1.165, 1.54) is 10.6 Å². The van der Waals surface area contributed by atoms with E-state index < -0.39 is 24.0 Å². The molecule has 2 rings (SSSR count). The van der Waals surface area contributed by atoms with Gasteiger partial charge in [0.2, 0.25) is 0 Å². The molecule has 0 aromatic carbocycles. The van der Waals surface area contributed by atoms with Crippen molar-refractivity contribution in [3.8, 4) is 12.3 Å². The van der Waals surface area contributed by atoms with Crippen molar-refractivity contribution in [3.05, 3.63) is 46.5 Å². The molecule has 0 unspecified atom stereocenters. The molecule has 0 fully saturated rings. The summed E-state index contributed by atoms with van der Waals surface area (Å²) in [5.74, 6) is 0.219. The molecule has 2 aromatic heterocycles. The number of aliphatic carboxylic acids is 1. The third kappa shape index (κ3) is 2.90. The summed E-state index contributed by atoms with van der Waals surface area (Å²) < 4.78 is 1.21. The van der Waals surface area contributed by atoms with Gasteiger partial charge in [0, 0.05) is 12.4 Å². The van der Waals surface area contributed by atoms with Crippen molar-refractivity contribution in [2.45, 2.75) is 0 Å². The molecular formula is C14H11N3O4. The third-order valence-electron chi connectivity index (χ3n) is 2.74. The van der Waals surface area contributed by atoms with Crippen LogP contribution < -0.4 is 5.56 Å². The van der Waals surface area contributed by atoms with E-state index in [1.54, 1.807) is 18.2 Å². The van der Waals surface area contributed by atoms with Crippen LogP contribution in [-0.4, -0.2) is 44.4 Å². The van der Waals surface area contributed by atoms with E-state index in [0.29, 0.717) is 5.65 Å². The summed E-state index contributed by atoms with van der Waals surface area (Å²) in [7, 11) is 0. The molecule has 0 spiro atoms. The molecule has 7 heteroatoms. The smallest absolute Gasteiger partial charge is 0.323 e. The summed E-state index contributed by atoms with van der Waals surface area (Å²) in [5, 5.41) is 8.79. The molecule has 0 aliphatic heterocycles. The van der Waals surface area contributed by atoms with Gasteiger partial charge in [-0.3, -0.25) is 18.8 Å². The Kier molecular flexibility index (Phi) is 4.00. The molecule has 1 amide bonds. The predicted molar refractivity (Wildman–Crippen MR) is 73.8 cm³/mol. The first-order valence-corrected chi connectivity index (χ1v) is 5.95. The fourth-order valence-electron chi connectivity index (χ4n) is 1.82. The Labute approximate surface area is 119 Å². The van der Waals surface area contributed by atoms with Crippen LogP contribution in [0, 0.1) is 12.3 Å². The maximum Gasteiger partial charge on any atom is 0.323 e. The Hall–Kier alpha value is -3.14. The minimum Gasteiger partial charge on any atom is -0.480 e. The van der Waals surface area contributed by atoms with Crippen molar-refractivity contribution in [2.24, 2.45) is 0 Å². The van der Waals surface area contributed by atoms with Crippen molar-refractivity contribution < 1.29 is 14.7 Å². The molecule has 1 N–H and O–H groups in total. The number of carboxylic acid groups (broad SMARTS) is 1. The average molecular weight is 285 g/mol. The first-order chi connectivity index (χ1) is 10.0. The molecule has 106 valence electrons. The zero-order valence-electron chi connectivity index (χ0n) is 10.9. The van der Waals surface area contributed by atoms with Crippen LogP contribution in [0.3, 0.4) is 0 Å². The van der Waals surface area contributed by atoms with E-state index in [9.17, 15) is 14.4 Å². The van der Waals surface area contributed by atoms with Crippen LogP contribution in [0.25, 0.3) is 5.65 Å². The number of rotatable bonds is 4. The summed E-state index contributed by atoms with van der Waals surface area (Å²) in [6.07, 6.45) is 7.72. The minimum absolute atomic E-state index is 0.206. The van der Waals surface area contributed by atoms with Gasteiger partial charge in [0.15, 0.2) is 0 Å². The number of carbonyl (C=O) groups excluding carboxylic acids is 1. The molecule has 0 aliphatic rings. The summed E-state index contributed by atoms with van der Waals surface area (Å²) in [6, 6.07) is 4.95. The van der Waals surface area contributed by atoms with Crippen molar-refractivity contribution in [1.29, 1.82) is 0 Å². The summed E-state index contributed by atoms with van der Waals surface area (Å²) in [6.45, 7) is -0.790. The fourth-order valence-corrected chi connectivity index (χ4v) is 1.82. The largest absolute Gasteiger partial charge is 0.480 e. The van der Waals surface area contributed by atoms with E-state index in [1.807, 2.05) is 0 Å². The first kappa shape index (κ1) is 14.3. The lowest BCUT2D eigenvalue weighted by Gasteiger charge is -2.17. The topological polar surface area (TPSA) is 92.0 Å². The molecule has 7 nitrogen and oxygen atoms in total. The Morgan fingerprint density at radius 2 is 2.19 bits per heavy atom. The minimum atomic E-state index is -1.22. The van der Waals surface area contributed by atoms with E-state index in [-0.39, 0.29) is 12.1 Å². The number of fused-ring (bicyclic) bond motifs is 1. The predicted octanol–water partition coefficient (Wildman–Crippen LogP) is -0.146. The fraction of sp³-hybridized carbons (Fsp3) is 0.143. The summed E-state index contributed by atoms with van der Waals surface area (Å²) in [5.41, 5.74) is -0.408. The second-order valence-corrected chi connectivity index (χ2v) is 4.16. The first-order valence-electron chi connectivity index (χ1n) is 5.95. The number of pyridine rings is 1. The number of terminal acetylenes is 1. The molecule has 0 aliphatic carbocycles. The zero-order chi connectivity index (χ0) is 15.4. The van der Waals surface area contributed by atoms with Crippen molar-refractivity contribution >= 4 is 17.5 Å². The molecule has 2 heterocycles. The quantitative estimate of drug-likeness (QED) is 0.789. The highest BCUT2D eigenvalue weighted by atomic mass is 16.4. The molecule has 0 saturated carbocycles. The van der Waals surface area contributed by atoms with Gasteiger partial charge in [0.1, 0.15) is 17.8 Å². The van der Waals surface area contributed by atoms with E-state index in [2.05, 4.69) is 10.9 Å². The maximum absolute atomic E-state index is 12.2. The molecule has 0 bridgehead atoms. The van der Waals surface area contributed by atoms with Gasteiger partial charge in [-0.15, -0.1) is 6.42 Å². The standard InChI is InChI=1S/C14H11N3O4/c1-2-6-16(9-12(18)19)13(20)10-8-15-11-5-3-4-7-17(11)14(10)21/h1,3-5,7-8H,6,9H2,(H,18,19). The van der Waals surface area contributed by atoms with Gasteiger partial charge in [-0.25, -0.2) is 4.98 Å². The maximum atomic E-state index is 12.2. The van der Waals surface area contributed by atoms with Gasteiger partial charge in [0.05, 0.1) is 6.54 Å². The second-order valence-electron chi connectivity index (χ2n) is 4.16. The molecule has 21 heavy (non-hydrogen) atoms. The average Bonchev–Trinajstić information content (AvgIpc) is 2.46. The van der Waals surface area contributed by atoms with Gasteiger partial charge in [-0.05, 0) is 12.1 Å². The van der Waals surface area contributed by atoms with Gasteiger partial charge in [0.25, 0.3) is 11.5 Å². The van der Waals surface area contributed by atoms with Crippen LogP contribution in [-0.2, 0) is 4.79 Å². The molecule has 0 radical (unpaired) electrons. The monoisotopic (exact) mass is 285 g/mol. The molecule has 0 saturated heterocycles. The number of carboxylic acids is 1. The Balaban J connectivity index is 2.47. The lowest BCUT2D eigenvalue weighted by atomic mass is 10.2. The highest BCUT2D eigenvalue weighted by molar-refractivity contribution is 5.95. The summed E-state index contributed by atoms with van der Waals surface area (Å²) in [4.78, 5) is 40.1. The summed E-state index contributed by atoms with van der Waals surface area (Å²) >= 11 is 0. The normalized spacial score (nSPS) is 10.0. The van der Waals surface area contributed by atoms with Gasteiger partial charge < -0.3 is 10.0 Å². The third-order valence-corrected chi connectivity index (χ3v) is 2.74. The van der Waals surface area contributed by atoms with Crippen LogP contribution in [0.4, 0.5) is 0 Å². The van der Waals surface area contributed by atoms with Crippen LogP contribution in [0.2, 0.25) is 0 Å². The van der Waals surface area contributed by atoms with Crippen molar-refractivity contribution in [1.82, 2.24) is 14.3 Å². The lowest BCUT2D eigenvalue weighted by molar-refractivity contribution is -0.137. The molecular weight excluding hydrogens is 274 g/mol. The molecule has 0 atom stereocenters. The van der Waals surface area contributed by atoms with Crippen molar-refractivity contribution in [3.63, 3.8) is 0 Å². The Morgan fingerprint density at radius 3 is 2.86 bits per heavy atom. The SMILES string of the molecule is C#CCN(CC(=O)O)C(=O)c1cnc2ccccn2c1=O. The number of amides is 1. The van der Waals surface area contributed by atoms with Crippen LogP contribution in [0.5, 0.6) is 0 Å². The van der Waals surface area contributed by atoms with Crippen LogP contribution in [0.15, 0.2) is 35.4 Å². The van der Waals surface area contributed by atoms with E-state index in [0.717, 1.165) is 11.1 Å². The highest BCUT2D eigenvalue weighted by Crippen LogP contribution is 2.02. The van der Waals surface area contributed by atoms with Gasteiger partial charge in [-0.1, -0.05) is 12.0 Å². The van der Waals surface area contributed by atoms with E-state index >= 15 is 0 Å².